The van der Waals surface area contributed by atoms with Gasteiger partial charge in [0.1, 0.15) is 17.1 Å². The van der Waals surface area contributed by atoms with Gasteiger partial charge in [-0.3, -0.25) is 9.59 Å². The highest BCUT2D eigenvalue weighted by Crippen LogP contribution is 2.39. The van der Waals surface area contributed by atoms with Gasteiger partial charge in [0.15, 0.2) is 12.4 Å². The summed E-state index contributed by atoms with van der Waals surface area (Å²) in [5.74, 6) is 1.52. The minimum absolute atomic E-state index is 0.0156. The molecule has 31 heavy (non-hydrogen) atoms. The SMILES string of the molecule is Cc1ccc(OCC(=O)N2CCC3(CC2)CC(=O)c2ccccc2O3)c(C(C)(C)C)c1. The molecule has 1 saturated heterocycles. The summed E-state index contributed by atoms with van der Waals surface area (Å²) < 4.78 is 12.2. The lowest BCUT2D eigenvalue weighted by molar-refractivity contribution is -0.137. The van der Waals surface area contributed by atoms with Crippen molar-refractivity contribution >= 4 is 11.7 Å². The summed E-state index contributed by atoms with van der Waals surface area (Å²) in [5.41, 5.74) is 2.37. The molecular weight excluding hydrogens is 390 g/mol. The van der Waals surface area contributed by atoms with Crippen LogP contribution in [0.15, 0.2) is 42.5 Å². The van der Waals surface area contributed by atoms with Gasteiger partial charge in [-0.05, 0) is 36.1 Å². The molecule has 0 atom stereocenters. The Balaban J connectivity index is 1.37. The predicted molar refractivity (Wildman–Crippen MR) is 120 cm³/mol. The van der Waals surface area contributed by atoms with Crippen LogP contribution < -0.4 is 9.47 Å². The van der Waals surface area contributed by atoms with Crippen LogP contribution in [0.25, 0.3) is 0 Å². The molecule has 2 aliphatic rings. The van der Waals surface area contributed by atoms with Crippen molar-refractivity contribution in [3.63, 3.8) is 0 Å². The average Bonchev–Trinajstić information content (AvgIpc) is 2.72. The predicted octanol–water partition coefficient (Wildman–Crippen LogP) is 4.70. The monoisotopic (exact) mass is 421 g/mol. The largest absolute Gasteiger partial charge is 0.486 e. The molecule has 1 fully saturated rings. The quantitative estimate of drug-likeness (QED) is 0.721. The molecule has 0 aromatic heterocycles. The maximum Gasteiger partial charge on any atom is 0.260 e. The van der Waals surface area contributed by atoms with Crippen molar-refractivity contribution in [3.05, 3.63) is 59.2 Å². The highest BCUT2D eigenvalue weighted by molar-refractivity contribution is 6.00. The lowest BCUT2D eigenvalue weighted by Gasteiger charge is -2.43. The number of likely N-dealkylation sites (tertiary alicyclic amines) is 1. The smallest absolute Gasteiger partial charge is 0.260 e. The summed E-state index contributed by atoms with van der Waals surface area (Å²) in [6, 6.07) is 13.5. The number of hydrogen-bond donors (Lipinski definition) is 0. The van der Waals surface area contributed by atoms with E-state index in [1.165, 1.54) is 5.56 Å². The number of nitrogens with zero attached hydrogens (tertiary/aromatic N) is 1. The summed E-state index contributed by atoms with van der Waals surface area (Å²) in [4.78, 5) is 27.2. The standard InChI is InChI=1S/C26H31NO4/c1-18-9-10-23(20(15-18)25(2,3)4)30-17-24(29)27-13-11-26(12-14-27)16-21(28)19-7-5-6-8-22(19)31-26/h5-10,15H,11-14,16-17H2,1-4H3. The molecule has 0 aliphatic carbocycles. The van der Waals surface area contributed by atoms with Gasteiger partial charge in [-0.15, -0.1) is 0 Å². The van der Waals surface area contributed by atoms with E-state index in [4.69, 9.17) is 9.47 Å². The van der Waals surface area contributed by atoms with E-state index in [2.05, 4.69) is 33.8 Å². The molecule has 2 aromatic rings. The molecule has 1 amide bonds. The molecule has 2 aromatic carbocycles. The first-order valence-electron chi connectivity index (χ1n) is 11.0. The van der Waals surface area contributed by atoms with Gasteiger partial charge in [-0.1, -0.05) is 50.6 Å². The van der Waals surface area contributed by atoms with Crippen LogP contribution in [0, 0.1) is 6.92 Å². The number of para-hydroxylation sites is 1. The lowest BCUT2D eigenvalue weighted by Crippen LogP contribution is -2.53. The molecule has 1 spiro atoms. The van der Waals surface area contributed by atoms with Crippen LogP contribution in [0.4, 0.5) is 0 Å². The molecule has 0 N–H and O–H groups in total. The lowest BCUT2D eigenvalue weighted by atomic mass is 9.82. The Morgan fingerprint density at radius 1 is 1.13 bits per heavy atom. The van der Waals surface area contributed by atoms with Gasteiger partial charge in [0.2, 0.25) is 0 Å². The second-order valence-electron chi connectivity index (χ2n) is 9.80. The van der Waals surface area contributed by atoms with Crippen LogP contribution in [0.5, 0.6) is 11.5 Å². The number of benzene rings is 2. The third kappa shape index (κ3) is 4.46. The van der Waals surface area contributed by atoms with Gasteiger partial charge in [-0.2, -0.15) is 0 Å². The van der Waals surface area contributed by atoms with E-state index < -0.39 is 5.60 Å². The van der Waals surface area contributed by atoms with E-state index in [0.717, 1.165) is 11.3 Å². The van der Waals surface area contributed by atoms with Crippen molar-refractivity contribution < 1.29 is 19.1 Å². The number of rotatable bonds is 3. The van der Waals surface area contributed by atoms with E-state index in [0.29, 0.717) is 43.7 Å². The van der Waals surface area contributed by atoms with Gasteiger partial charge < -0.3 is 14.4 Å². The average molecular weight is 422 g/mol. The summed E-state index contributed by atoms with van der Waals surface area (Å²) >= 11 is 0. The molecule has 4 rings (SSSR count). The van der Waals surface area contributed by atoms with Gasteiger partial charge in [0.25, 0.3) is 5.91 Å². The number of Topliss-reactive ketones (excluding diaryl/α,β-unsaturated/α-hetero) is 1. The van der Waals surface area contributed by atoms with Crippen molar-refractivity contribution in [2.45, 2.75) is 58.0 Å². The maximum absolute atomic E-state index is 12.8. The number of hydrogen-bond acceptors (Lipinski definition) is 4. The fourth-order valence-electron chi connectivity index (χ4n) is 4.47. The molecule has 0 bridgehead atoms. The second kappa shape index (κ2) is 8.03. The van der Waals surface area contributed by atoms with Crippen molar-refractivity contribution in [2.75, 3.05) is 19.7 Å². The summed E-state index contributed by atoms with van der Waals surface area (Å²) in [6.45, 7) is 9.64. The van der Waals surface area contributed by atoms with Crippen LogP contribution in [0.2, 0.25) is 0 Å². The number of carbonyl (C=O) groups excluding carboxylic acids is 2. The third-order valence-corrected chi connectivity index (χ3v) is 6.32. The van der Waals surface area contributed by atoms with Crippen LogP contribution in [0.1, 0.15) is 61.5 Å². The van der Waals surface area contributed by atoms with Gasteiger partial charge in [0.05, 0.1) is 12.0 Å². The molecular formula is C26H31NO4. The van der Waals surface area contributed by atoms with Crippen molar-refractivity contribution in [1.82, 2.24) is 4.90 Å². The third-order valence-electron chi connectivity index (χ3n) is 6.32. The Morgan fingerprint density at radius 3 is 2.55 bits per heavy atom. The van der Waals surface area contributed by atoms with Gasteiger partial charge in [0, 0.05) is 25.9 Å². The van der Waals surface area contributed by atoms with Crippen LogP contribution in [-0.4, -0.2) is 41.9 Å². The number of carbonyl (C=O) groups is 2. The molecule has 0 radical (unpaired) electrons. The van der Waals surface area contributed by atoms with E-state index in [1.807, 2.05) is 41.3 Å². The first-order valence-corrected chi connectivity index (χ1v) is 11.0. The van der Waals surface area contributed by atoms with E-state index >= 15 is 0 Å². The molecule has 5 heteroatoms. The number of piperidine rings is 1. The minimum Gasteiger partial charge on any atom is -0.486 e. The number of aryl methyl sites for hydroxylation is 1. The van der Waals surface area contributed by atoms with E-state index in [1.54, 1.807) is 0 Å². The number of ether oxygens (including phenoxy) is 2. The number of fused-ring (bicyclic) bond motifs is 1. The summed E-state index contributed by atoms with van der Waals surface area (Å²) in [5, 5.41) is 0. The molecule has 2 heterocycles. The second-order valence-corrected chi connectivity index (χ2v) is 9.80. The summed E-state index contributed by atoms with van der Waals surface area (Å²) in [7, 11) is 0. The first kappa shape index (κ1) is 21.4. The summed E-state index contributed by atoms with van der Waals surface area (Å²) in [6.07, 6.45) is 1.67. The normalized spacial score (nSPS) is 17.8. The first-order chi connectivity index (χ1) is 14.7. The van der Waals surface area contributed by atoms with Crippen molar-refractivity contribution in [1.29, 1.82) is 0 Å². The Labute approximate surface area is 184 Å². The molecule has 164 valence electrons. The zero-order valence-electron chi connectivity index (χ0n) is 18.9. The van der Waals surface area contributed by atoms with Crippen LogP contribution >= 0.6 is 0 Å². The Morgan fingerprint density at radius 2 is 1.84 bits per heavy atom. The Kier molecular flexibility index (Phi) is 5.54. The van der Waals surface area contributed by atoms with E-state index in [-0.39, 0.29) is 23.7 Å². The molecule has 0 saturated carbocycles. The number of ketones is 1. The highest BCUT2D eigenvalue weighted by atomic mass is 16.5. The molecule has 5 nitrogen and oxygen atoms in total. The maximum atomic E-state index is 12.8. The molecule has 2 aliphatic heterocycles. The topological polar surface area (TPSA) is 55.8 Å². The Bertz CT molecular complexity index is 997. The van der Waals surface area contributed by atoms with Crippen molar-refractivity contribution in [3.8, 4) is 11.5 Å². The van der Waals surface area contributed by atoms with Gasteiger partial charge >= 0.3 is 0 Å². The van der Waals surface area contributed by atoms with Crippen molar-refractivity contribution in [2.24, 2.45) is 0 Å². The minimum atomic E-state index is -0.501. The Hall–Kier alpha value is -2.82. The fourth-order valence-corrected chi connectivity index (χ4v) is 4.47. The number of amides is 1. The highest BCUT2D eigenvalue weighted by Gasteiger charge is 2.43. The fraction of sp³-hybridized carbons (Fsp3) is 0.462. The van der Waals surface area contributed by atoms with Crippen LogP contribution in [0.3, 0.4) is 0 Å². The zero-order chi connectivity index (χ0) is 22.2. The van der Waals surface area contributed by atoms with E-state index in [9.17, 15) is 9.59 Å². The van der Waals surface area contributed by atoms with Gasteiger partial charge in [-0.25, -0.2) is 0 Å². The molecule has 0 unspecified atom stereocenters. The zero-order valence-corrected chi connectivity index (χ0v) is 18.9. The van der Waals surface area contributed by atoms with Crippen LogP contribution in [-0.2, 0) is 10.2 Å².